The van der Waals surface area contributed by atoms with E-state index in [1.165, 1.54) is 12.8 Å². The zero-order valence-corrected chi connectivity index (χ0v) is 15.2. The van der Waals surface area contributed by atoms with E-state index >= 15 is 0 Å². The summed E-state index contributed by atoms with van der Waals surface area (Å²) >= 11 is 0. The van der Waals surface area contributed by atoms with Crippen molar-refractivity contribution in [1.82, 2.24) is 10.3 Å². The molecule has 2 aliphatic rings. The second-order valence-corrected chi connectivity index (χ2v) is 8.62. The number of amides is 1. The van der Waals surface area contributed by atoms with Crippen molar-refractivity contribution in [2.45, 2.75) is 52.5 Å². The first-order valence-electron chi connectivity index (χ1n) is 9.21. The molecule has 3 atom stereocenters. The molecular formula is C21H26N2O2. The lowest BCUT2D eigenvalue weighted by Gasteiger charge is -2.39. The number of pyridine rings is 1. The molecule has 0 saturated heterocycles. The van der Waals surface area contributed by atoms with Crippen LogP contribution in [0.4, 0.5) is 0 Å². The third kappa shape index (κ3) is 2.42. The van der Waals surface area contributed by atoms with Gasteiger partial charge in [0.2, 0.25) is 5.91 Å². The van der Waals surface area contributed by atoms with Crippen molar-refractivity contribution in [3.8, 4) is 0 Å². The highest BCUT2D eigenvalue weighted by Gasteiger charge is 2.61. The molecule has 2 aliphatic carbocycles. The zero-order chi connectivity index (χ0) is 17.8. The Morgan fingerprint density at radius 3 is 2.72 bits per heavy atom. The highest BCUT2D eigenvalue weighted by Crippen LogP contribution is 2.65. The van der Waals surface area contributed by atoms with Crippen LogP contribution >= 0.6 is 0 Å². The van der Waals surface area contributed by atoms with Gasteiger partial charge >= 0.3 is 0 Å². The minimum Gasteiger partial charge on any atom is -0.353 e. The highest BCUT2D eigenvalue weighted by molar-refractivity contribution is 5.82. The first kappa shape index (κ1) is 16.4. The Morgan fingerprint density at radius 2 is 2.04 bits per heavy atom. The molecule has 1 aromatic carbocycles. The van der Waals surface area contributed by atoms with Crippen LogP contribution in [-0.2, 0) is 11.2 Å². The summed E-state index contributed by atoms with van der Waals surface area (Å²) in [5, 5.41) is 4.19. The summed E-state index contributed by atoms with van der Waals surface area (Å²) in [6.07, 6.45) is 3.63. The minimum atomic E-state index is -0.173. The van der Waals surface area contributed by atoms with Crippen molar-refractivity contribution in [3.63, 3.8) is 0 Å². The molecule has 2 aromatic rings. The fraction of sp³-hybridized carbons (Fsp3) is 0.524. The average molecular weight is 338 g/mol. The van der Waals surface area contributed by atoms with Gasteiger partial charge in [0, 0.05) is 17.1 Å². The molecule has 2 fully saturated rings. The smallest absolute Gasteiger partial charge is 0.252 e. The van der Waals surface area contributed by atoms with E-state index in [4.69, 9.17) is 0 Å². The summed E-state index contributed by atoms with van der Waals surface area (Å²) in [6, 6.07) is 9.70. The number of nitrogens with one attached hydrogen (secondary N) is 2. The molecule has 1 amide bonds. The van der Waals surface area contributed by atoms with Crippen molar-refractivity contribution in [1.29, 1.82) is 0 Å². The molecule has 0 aliphatic heterocycles. The molecule has 4 heteroatoms. The van der Waals surface area contributed by atoms with E-state index in [-0.39, 0.29) is 34.8 Å². The molecule has 3 unspecified atom stereocenters. The largest absolute Gasteiger partial charge is 0.353 e. The van der Waals surface area contributed by atoms with Crippen LogP contribution in [0.3, 0.4) is 0 Å². The molecule has 4 rings (SSSR count). The van der Waals surface area contributed by atoms with Crippen LogP contribution in [0.2, 0.25) is 0 Å². The Morgan fingerprint density at radius 1 is 1.28 bits per heavy atom. The van der Waals surface area contributed by atoms with E-state index in [0.717, 1.165) is 17.3 Å². The molecule has 132 valence electrons. The number of rotatable bonds is 3. The zero-order valence-electron chi connectivity index (χ0n) is 15.2. The van der Waals surface area contributed by atoms with Crippen LogP contribution in [0.5, 0.6) is 0 Å². The molecule has 2 N–H and O–H groups in total. The van der Waals surface area contributed by atoms with Gasteiger partial charge in [-0.05, 0) is 53.5 Å². The Bertz CT molecular complexity index is 898. The maximum Gasteiger partial charge on any atom is 0.252 e. The number of benzene rings is 1. The van der Waals surface area contributed by atoms with Gasteiger partial charge in [0.05, 0.1) is 6.42 Å². The lowest BCUT2D eigenvalue weighted by molar-refractivity contribution is -0.122. The van der Waals surface area contributed by atoms with Gasteiger partial charge in [0.1, 0.15) is 0 Å². The molecule has 25 heavy (non-hydrogen) atoms. The molecule has 2 bridgehead atoms. The van der Waals surface area contributed by atoms with Crippen LogP contribution < -0.4 is 10.9 Å². The van der Waals surface area contributed by atoms with E-state index in [2.05, 4.69) is 31.1 Å². The number of carbonyl (C=O) groups is 1. The van der Waals surface area contributed by atoms with Gasteiger partial charge in [0.25, 0.3) is 5.56 Å². The third-order valence-electron chi connectivity index (χ3n) is 7.31. The van der Waals surface area contributed by atoms with Crippen molar-refractivity contribution in [3.05, 3.63) is 46.2 Å². The second kappa shape index (κ2) is 5.45. The van der Waals surface area contributed by atoms with Crippen molar-refractivity contribution in [2.24, 2.45) is 16.7 Å². The molecule has 0 radical (unpaired) electrons. The quantitative estimate of drug-likeness (QED) is 0.901. The lowest BCUT2D eigenvalue weighted by Crippen LogP contribution is -2.47. The fourth-order valence-electron chi connectivity index (χ4n) is 5.16. The van der Waals surface area contributed by atoms with Crippen LogP contribution in [0, 0.1) is 16.7 Å². The van der Waals surface area contributed by atoms with E-state index in [1.807, 2.05) is 30.3 Å². The molecule has 4 nitrogen and oxygen atoms in total. The summed E-state index contributed by atoms with van der Waals surface area (Å²) in [6.45, 7) is 6.99. The monoisotopic (exact) mass is 338 g/mol. The molecule has 1 aromatic heterocycles. The summed E-state index contributed by atoms with van der Waals surface area (Å²) < 4.78 is 0. The predicted octanol–water partition coefficient (Wildman–Crippen LogP) is 3.40. The molecule has 0 spiro atoms. The number of H-pyrrole nitrogens is 1. The normalized spacial score (nSPS) is 29.9. The topological polar surface area (TPSA) is 62.0 Å². The highest BCUT2D eigenvalue weighted by atomic mass is 16.2. The number of aromatic amines is 1. The standard InChI is InChI=1S/C21H26N2O2/c1-20(2)15-8-9-21(20,3)17(12-15)23-18(24)11-14-10-13-6-4-5-7-16(13)22-19(14)25/h4-7,10,15,17H,8-9,11-12H2,1-3H3,(H,22,25)(H,23,24). The maximum absolute atomic E-state index is 12.6. The van der Waals surface area contributed by atoms with Gasteiger partial charge in [-0.3, -0.25) is 9.59 Å². The predicted molar refractivity (Wildman–Crippen MR) is 99.4 cm³/mol. The first-order chi connectivity index (χ1) is 11.8. The van der Waals surface area contributed by atoms with Gasteiger partial charge in [-0.1, -0.05) is 39.0 Å². The van der Waals surface area contributed by atoms with Crippen LogP contribution in [0.1, 0.15) is 45.6 Å². The molecular weight excluding hydrogens is 312 g/mol. The second-order valence-electron chi connectivity index (χ2n) is 8.62. The number of aromatic nitrogens is 1. The van der Waals surface area contributed by atoms with Gasteiger partial charge < -0.3 is 10.3 Å². The summed E-state index contributed by atoms with van der Waals surface area (Å²) in [7, 11) is 0. The van der Waals surface area contributed by atoms with Gasteiger partial charge in [-0.15, -0.1) is 0 Å². The average Bonchev–Trinajstić information content (AvgIpc) is 2.89. The van der Waals surface area contributed by atoms with Crippen molar-refractivity contribution in [2.75, 3.05) is 0 Å². The Hall–Kier alpha value is -2.10. The van der Waals surface area contributed by atoms with Crippen LogP contribution in [0.25, 0.3) is 10.9 Å². The number of hydrogen-bond acceptors (Lipinski definition) is 2. The Kier molecular flexibility index (Phi) is 3.57. The summed E-state index contributed by atoms with van der Waals surface area (Å²) in [4.78, 5) is 27.8. The van der Waals surface area contributed by atoms with E-state index in [9.17, 15) is 9.59 Å². The SMILES string of the molecule is CC1(C)C2CCC1(C)C(NC(=O)Cc1cc3ccccc3[nH]c1=O)C2. The van der Waals surface area contributed by atoms with E-state index < -0.39 is 0 Å². The van der Waals surface area contributed by atoms with Crippen LogP contribution in [0.15, 0.2) is 35.1 Å². The lowest BCUT2D eigenvalue weighted by atomic mass is 9.69. The number of hydrogen-bond donors (Lipinski definition) is 2. The summed E-state index contributed by atoms with van der Waals surface area (Å²) in [5.74, 6) is 0.641. The Balaban J connectivity index is 1.52. The number of carbonyl (C=O) groups excluding carboxylic acids is 1. The number of fused-ring (bicyclic) bond motifs is 3. The first-order valence-corrected chi connectivity index (χ1v) is 9.21. The number of para-hydroxylation sites is 1. The minimum absolute atomic E-state index is 0.0460. The summed E-state index contributed by atoms with van der Waals surface area (Å²) in [5.41, 5.74) is 1.59. The van der Waals surface area contributed by atoms with Gasteiger partial charge in [0.15, 0.2) is 0 Å². The maximum atomic E-state index is 12.6. The van der Waals surface area contributed by atoms with Gasteiger partial charge in [-0.25, -0.2) is 0 Å². The van der Waals surface area contributed by atoms with Crippen molar-refractivity contribution < 1.29 is 4.79 Å². The third-order valence-corrected chi connectivity index (χ3v) is 7.31. The fourth-order valence-corrected chi connectivity index (χ4v) is 5.16. The van der Waals surface area contributed by atoms with Crippen molar-refractivity contribution >= 4 is 16.8 Å². The van der Waals surface area contributed by atoms with E-state index in [1.54, 1.807) is 0 Å². The van der Waals surface area contributed by atoms with E-state index in [0.29, 0.717) is 11.5 Å². The van der Waals surface area contributed by atoms with Crippen LogP contribution in [-0.4, -0.2) is 16.9 Å². The molecule has 1 heterocycles. The molecule has 2 saturated carbocycles. The van der Waals surface area contributed by atoms with Gasteiger partial charge in [-0.2, -0.15) is 0 Å². The Labute approximate surface area is 148 Å².